The van der Waals surface area contributed by atoms with Gasteiger partial charge in [0.15, 0.2) is 0 Å². The van der Waals surface area contributed by atoms with Gasteiger partial charge in [-0.1, -0.05) is 35.9 Å². The van der Waals surface area contributed by atoms with Gasteiger partial charge in [-0.3, -0.25) is 0 Å². The highest BCUT2D eigenvalue weighted by atomic mass is 19.4. The summed E-state index contributed by atoms with van der Waals surface area (Å²) >= 11 is 0. The van der Waals surface area contributed by atoms with Gasteiger partial charge in [0.25, 0.3) is 0 Å². The van der Waals surface area contributed by atoms with E-state index in [1.54, 1.807) is 6.07 Å². The highest BCUT2D eigenvalue weighted by Crippen LogP contribution is 2.35. The van der Waals surface area contributed by atoms with E-state index in [2.05, 4.69) is 4.98 Å². The van der Waals surface area contributed by atoms with Gasteiger partial charge in [-0.15, -0.1) is 0 Å². The average molecular weight is 353 g/mol. The van der Waals surface area contributed by atoms with E-state index in [0.717, 1.165) is 23.3 Å². The molecule has 3 nitrogen and oxygen atoms in total. The molecule has 1 heterocycles. The molecular formula is C20H14F3N3. The smallest absolute Gasteiger partial charge is 0.383 e. The minimum Gasteiger partial charge on any atom is -0.383 e. The number of benzene rings is 2. The van der Waals surface area contributed by atoms with Crippen LogP contribution in [0.1, 0.15) is 16.7 Å². The van der Waals surface area contributed by atoms with Crippen LogP contribution in [0.25, 0.3) is 22.4 Å². The standard InChI is InChI=1S/C20H14F3N3/c1-12-4-2-6-14(8-12)18-10-16(17(11-24)19(25)26-18)13-5-3-7-15(9-13)20(21,22)23/h2-10H,1H3,(H2,25,26). The minimum absolute atomic E-state index is 0.0149. The number of halogens is 3. The second-order valence-electron chi connectivity index (χ2n) is 5.88. The summed E-state index contributed by atoms with van der Waals surface area (Å²) in [5.41, 5.74) is 8.05. The van der Waals surface area contributed by atoms with Crippen LogP contribution in [-0.4, -0.2) is 4.98 Å². The number of alkyl halides is 3. The molecule has 26 heavy (non-hydrogen) atoms. The molecule has 2 N–H and O–H groups in total. The molecule has 1 aromatic heterocycles. The Kier molecular flexibility index (Phi) is 4.39. The zero-order valence-corrected chi connectivity index (χ0v) is 13.8. The lowest BCUT2D eigenvalue weighted by Crippen LogP contribution is -2.05. The lowest BCUT2D eigenvalue weighted by Gasteiger charge is -2.13. The van der Waals surface area contributed by atoms with Crippen molar-refractivity contribution in [2.24, 2.45) is 0 Å². The van der Waals surface area contributed by atoms with E-state index in [-0.39, 0.29) is 16.9 Å². The second-order valence-corrected chi connectivity index (χ2v) is 5.88. The van der Waals surface area contributed by atoms with Crippen molar-refractivity contribution in [1.29, 1.82) is 5.26 Å². The van der Waals surface area contributed by atoms with Gasteiger partial charge in [-0.25, -0.2) is 4.98 Å². The lowest BCUT2D eigenvalue weighted by atomic mass is 9.96. The monoisotopic (exact) mass is 353 g/mol. The third-order valence-electron chi connectivity index (χ3n) is 3.97. The first-order chi connectivity index (χ1) is 12.3. The first-order valence-corrected chi connectivity index (χ1v) is 7.75. The number of nitriles is 1. The highest BCUT2D eigenvalue weighted by Gasteiger charge is 2.30. The molecule has 0 aliphatic rings. The predicted octanol–water partition coefficient (Wildman–Crippen LogP) is 5.20. The van der Waals surface area contributed by atoms with Gasteiger partial charge in [0, 0.05) is 11.1 Å². The van der Waals surface area contributed by atoms with E-state index in [9.17, 15) is 18.4 Å². The zero-order valence-electron chi connectivity index (χ0n) is 13.8. The predicted molar refractivity (Wildman–Crippen MR) is 94.0 cm³/mol. The molecule has 0 unspecified atom stereocenters. The maximum atomic E-state index is 13.0. The molecule has 0 radical (unpaired) electrons. The van der Waals surface area contributed by atoms with Gasteiger partial charge in [-0.05, 0) is 36.8 Å². The Morgan fingerprint density at radius 2 is 1.69 bits per heavy atom. The molecule has 0 aliphatic heterocycles. The van der Waals surface area contributed by atoms with E-state index in [4.69, 9.17) is 5.73 Å². The molecule has 0 spiro atoms. The molecule has 6 heteroatoms. The fourth-order valence-corrected chi connectivity index (χ4v) is 2.73. The molecule has 0 bridgehead atoms. The summed E-state index contributed by atoms with van der Waals surface area (Å²) in [6.45, 7) is 1.92. The molecule has 0 saturated carbocycles. The summed E-state index contributed by atoms with van der Waals surface area (Å²) in [7, 11) is 0. The molecule has 0 atom stereocenters. The number of nitrogen functional groups attached to an aromatic ring is 1. The fraction of sp³-hybridized carbons (Fsp3) is 0.100. The van der Waals surface area contributed by atoms with Gasteiger partial charge in [0.2, 0.25) is 0 Å². The molecule has 0 amide bonds. The zero-order chi connectivity index (χ0) is 18.9. The van der Waals surface area contributed by atoms with E-state index >= 15 is 0 Å². The maximum Gasteiger partial charge on any atom is 0.416 e. The van der Waals surface area contributed by atoms with Crippen molar-refractivity contribution < 1.29 is 13.2 Å². The Hall–Kier alpha value is -3.33. The number of nitrogens with zero attached hydrogens (tertiary/aromatic N) is 2. The van der Waals surface area contributed by atoms with Crippen molar-refractivity contribution in [3.05, 3.63) is 71.3 Å². The Labute approximate surface area is 148 Å². The number of pyridine rings is 1. The number of hydrogen-bond donors (Lipinski definition) is 1. The molecule has 3 aromatic rings. The third kappa shape index (κ3) is 3.38. The van der Waals surface area contributed by atoms with Crippen LogP contribution in [0.4, 0.5) is 19.0 Å². The second kappa shape index (κ2) is 6.52. The van der Waals surface area contributed by atoms with E-state index in [1.165, 1.54) is 12.1 Å². The average Bonchev–Trinajstić information content (AvgIpc) is 2.60. The van der Waals surface area contributed by atoms with Crippen molar-refractivity contribution in [1.82, 2.24) is 4.98 Å². The molecule has 3 rings (SSSR count). The number of aryl methyl sites for hydroxylation is 1. The van der Waals surface area contributed by atoms with Gasteiger partial charge in [-0.2, -0.15) is 18.4 Å². The highest BCUT2D eigenvalue weighted by molar-refractivity contribution is 5.80. The Morgan fingerprint density at radius 1 is 1.00 bits per heavy atom. The van der Waals surface area contributed by atoms with Crippen molar-refractivity contribution in [3.63, 3.8) is 0 Å². The number of hydrogen-bond acceptors (Lipinski definition) is 3. The van der Waals surface area contributed by atoms with Gasteiger partial charge in [0.05, 0.1) is 11.3 Å². The summed E-state index contributed by atoms with van der Waals surface area (Å²) < 4.78 is 39.1. The molecule has 0 fully saturated rings. The molecule has 130 valence electrons. The van der Waals surface area contributed by atoms with Gasteiger partial charge < -0.3 is 5.73 Å². The molecule has 0 aliphatic carbocycles. The third-order valence-corrected chi connectivity index (χ3v) is 3.97. The largest absolute Gasteiger partial charge is 0.416 e. The van der Waals surface area contributed by atoms with Crippen molar-refractivity contribution in [3.8, 4) is 28.5 Å². The summed E-state index contributed by atoms with van der Waals surface area (Å²) in [4.78, 5) is 4.25. The molecule has 0 saturated heterocycles. The number of nitrogens with two attached hydrogens (primary N) is 1. The van der Waals surface area contributed by atoms with E-state index in [0.29, 0.717) is 11.3 Å². The number of rotatable bonds is 2. The maximum absolute atomic E-state index is 13.0. The first kappa shape index (κ1) is 17.5. The summed E-state index contributed by atoms with van der Waals surface area (Å²) in [6.07, 6.45) is -4.47. The molecule has 2 aromatic carbocycles. The van der Waals surface area contributed by atoms with Crippen LogP contribution in [0.15, 0.2) is 54.6 Å². The van der Waals surface area contributed by atoms with Crippen molar-refractivity contribution in [2.75, 3.05) is 5.73 Å². The lowest BCUT2D eigenvalue weighted by molar-refractivity contribution is -0.137. The van der Waals surface area contributed by atoms with Crippen LogP contribution in [0.5, 0.6) is 0 Å². The number of aromatic nitrogens is 1. The van der Waals surface area contributed by atoms with Crippen LogP contribution in [0, 0.1) is 18.3 Å². The minimum atomic E-state index is -4.47. The van der Waals surface area contributed by atoms with E-state index in [1.807, 2.05) is 37.3 Å². The Morgan fingerprint density at radius 3 is 2.35 bits per heavy atom. The summed E-state index contributed by atoms with van der Waals surface area (Å²) in [5, 5.41) is 9.40. The van der Waals surface area contributed by atoms with Crippen LogP contribution in [0.3, 0.4) is 0 Å². The van der Waals surface area contributed by atoms with Crippen LogP contribution in [0.2, 0.25) is 0 Å². The fourth-order valence-electron chi connectivity index (χ4n) is 2.73. The molecular weight excluding hydrogens is 339 g/mol. The quantitative estimate of drug-likeness (QED) is 0.689. The summed E-state index contributed by atoms with van der Waals surface area (Å²) in [5.74, 6) is -0.0149. The van der Waals surface area contributed by atoms with Crippen LogP contribution >= 0.6 is 0 Å². The van der Waals surface area contributed by atoms with Gasteiger partial charge >= 0.3 is 6.18 Å². The van der Waals surface area contributed by atoms with E-state index < -0.39 is 11.7 Å². The van der Waals surface area contributed by atoms with Gasteiger partial charge in [0.1, 0.15) is 17.5 Å². The SMILES string of the molecule is Cc1cccc(-c2cc(-c3cccc(C(F)(F)F)c3)c(C#N)c(N)n2)c1. The van der Waals surface area contributed by atoms with Crippen LogP contribution < -0.4 is 5.73 Å². The first-order valence-electron chi connectivity index (χ1n) is 7.75. The summed E-state index contributed by atoms with van der Waals surface area (Å²) in [6, 6.07) is 15.9. The topological polar surface area (TPSA) is 62.7 Å². The number of anilines is 1. The van der Waals surface area contributed by atoms with Crippen molar-refractivity contribution in [2.45, 2.75) is 13.1 Å². The normalized spacial score (nSPS) is 11.2. The Balaban J connectivity index is 2.23. The Bertz CT molecular complexity index is 1020. The van der Waals surface area contributed by atoms with Crippen LogP contribution in [-0.2, 0) is 6.18 Å². The van der Waals surface area contributed by atoms with Crippen molar-refractivity contribution >= 4 is 5.82 Å².